The van der Waals surface area contributed by atoms with Crippen LogP contribution >= 0.6 is 0 Å². The predicted molar refractivity (Wildman–Crippen MR) is 67.2 cm³/mol. The number of carboxylic acids is 1. The van der Waals surface area contributed by atoms with E-state index in [9.17, 15) is 9.59 Å². The van der Waals surface area contributed by atoms with Crippen LogP contribution in [-0.2, 0) is 14.3 Å². The van der Waals surface area contributed by atoms with Gasteiger partial charge in [0.05, 0.1) is 5.92 Å². The molecule has 1 aliphatic heterocycles. The summed E-state index contributed by atoms with van der Waals surface area (Å²) in [6.45, 7) is 7.35. The lowest BCUT2D eigenvalue weighted by Crippen LogP contribution is -2.38. The summed E-state index contributed by atoms with van der Waals surface area (Å²) in [5.74, 6) is -0.784. The number of aliphatic carboxylic acids is 1. The largest absolute Gasteiger partial charge is 0.481 e. The third-order valence-corrected chi connectivity index (χ3v) is 3.26. The lowest BCUT2D eigenvalue weighted by molar-refractivity contribution is -0.143. The monoisotopic (exact) mass is 257 g/mol. The lowest BCUT2D eigenvalue weighted by atomic mass is 10.1. The molecule has 0 aromatic heterocycles. The van der Waals surface area contributed by atoms with E-state index in [1.54, 1.807) is 11.8 Å². The van der Waals surface area contributed by atoms with Crippen LogP contribution in [0.15, 0.2) is 0 Å². The molecule has 0 spiro atoms. The van der Waals surface area contributed by atoms with Crippen LogP contribution in [0.4, 0.5) is 0 Å². The van der Waals surface area contributed by atoms with Crippen LogP contribution in [0.1, 0.15) is 33.6 Å². The minimum Gasteiger partial charge on any atom is -0.481 e. The third-order valence-electron chi connectivity index (χ3n) is 3.26. The van der Waals surface area contributed by atoms with Crippen molar-refractivity contribution in [2.75, 3.05) is 19.7 Å². The fourth-order valence-corrected chi connectivity index (χ4v) is 1.97. The minimum absolute atomic E-state index is 0.0949. The molecule has 1 rings (SSSR count). The number of carbonyl (C=O) groups is 2. The van der Waals surface area contributed by atoms with E-state index < -0.39 is 18.0 Å². The van der Waals surface area contributed by atoms with E-state index in [0.717, 1.165) is 6.42 Å². The summed E-state index contributed by atoms with van der Waals surface area (Å²) in [5, 5.41) is 8.88. The van der Waals surface area contributed by atoms with E-state index >= 15 is 0 Å². The summed E-state index contributed by atoms with van der Waals surface area (Å²) in [4.78, 5) is 24.4. The molecule has 1 N–H and O–H groups in total. The maximum atomic E-state index is 12.0. The molecule has 0 bridgehead atoms. The van der Waals surface area contributed by atoms with Crippen molar-refractivity contribution in [1.82, 2.24) is 4.90 Å². The zero-order valence-corrected chi connectivity index (χ0v) is 11.4. The molecular formula is C13H23NO4. The van der Waals surface area contributed by atoms with Crippen molar-refractivity contribution in [3.63, 3.8) is 0 Å². The molecular weight excluding hydrogens is 234 g/mol. The highest BCUT2D eigenvalue weighted by atomic mass is 16.5. The topological polar surface area (TPSA) is 66.8 Å². The van der Waals surface area contributed by atoms with Gasteiger partial charge in [-0.05, 0) is 25.7 Å². The molecule has 1 amide bonds. The summed E-state index contributed by atoms with van der Waals surface area (Å²) < 4.78 is 5.48. The van der Waals surface area contributed by atoms with E-state index in [2.05, 4.69) is 13.8 Å². The number of ether oxygens (including phenoxy) is 1. The third kappa shape index (κ3) is 4.29. The Kier molecular flexibility index (Phi) is 5.59. The van der Waals surface area contributed by atoms with Crippen LogP contribution < -0.4 is 0 Å². The number of rotatable bonds is 6. The van der Waals surface area contributed by atoms with Gasteiger partial charge >= 0.3 is 5.97 Å². The number of hydrogen-bond acceptors (Lipinski definition) is 3. The molecule has 0 radical (unpaired) electrons. The Morgan fingerprint density at radius 3 is 2.56 bits per heavy atom. The quantitative estimate of drug-likeness (QED) is 0.780. The first-order valence-corrected chi connectivity index (χ1v) is 6.55. The van der Waals surface area contributed by atoms with Gasteiger partial charge in [0.1, 0.15) is 6.10 Å². The normalized spacial score (nSPS) is 21.3. The summed E-state index contributed by atoms with van der Waals surface area (Å²) in [5.41, 5.74) is 0. The fourth-order valence-electron chi connectivity index (χ4n) is 1.97. The van der Waals surface area contributed by atoms with E-state index in [1.807, 2.05) is 0 Å². The van der Waals surface area contributed by atoms with Gasteiger partial charge in [-0.15, -0.1) is 0 Å². The van der Waals surface area contributed by atoms with Crippen LogP contribution in [0.25, 0.3) is 0 Å². The molecule has 2 atom stereocenters. The Labute approximate surface area is 108 Å². The molecule has 5 heteroatoms. The molecule has 1 saturated heterocycles. The Bertz CT molecular complexity index is 303. The number of likely N-dealkylation sites (tertiary alicyclic amines) is 1. The van der Waals surface area contributed by atoms with Crippen LogP contribution in [0.3, 0.4) is 0 Å². The minimum atomic E-state index is -0.821. The standard InChI is InChI=1S/C13H23NO4/c1-9(2)5-7-18-10(3)12(15)14-6-4-11(8-14)13(16)17/h9-11H,4-8H2,1-3H3,(H,16,17). The van der Waals surface area contributed by atoms with E-state index in [0.29, 0.717) is 32.0 Å². The smallest absolute Gasteiger partial charge is 0.308 e. The van der Waals surface area contributed by atoms with Crippen LogP contribution in [0.5, 0.6) is 0 Å². The second kappa shape index (κ2) is 6.73. The second-order valence-corrected chi connectivity index (χ2v) is 5.30. The molecule has 0 aliphatic carbocycles. The molecule has 5 nitrogen and oxygen atoms in total. The van der Waals surface area contributed by atoms with Gasteiger partial charge in [-0.1, -0.05) is 13.8 Å². The SMILES string of the molecule is CC(C)CCOC(C)C(=O)N1CCC(C(=O)O)C1. The average Bonchev–Trinajstić information content (AvgIpc) is 2.76. The summed E-state index contributed by atoms with van der Waals surface area (Å²) >= 11 is 0. The highest BCUT2D eigenvalue weighted by Crippen LogP contribution is 2.17. The van der Waals surface area contributed by atoms with Crippen LogP contribution in [-0.4, -0.2) is 47.7 Å². The number of carboxylic acid groups (broad SMARTS) is 1. The zero-order chi connectivity index (χ0) is 13.7. The van der Waals surface area contributed by atoms with Crippen LogP contribution in [0.2, 0.25) is 0 Å². The molecule has 18 heavy (non-hydrogen) atoms. The number of hydrogen-bond donors (Lipinski definition) is 1. The van der Waals surface area contributed by atoms with Crippen molar-refractivity contribution in [1.29, 1.82) is 0 Å². The Balaban J connectivity index is 2.33. The van der Waals surface area contributed by atoms with Gasteiger partial charge < -0.3 is 14.7 Å². The molecule has 0 saturated carbocycles. The lowest BCUT2D eigenvalue weighted by Gasteiger charge is -2.21. The molecule has 104 valence electrons. The number of amides is 1. The van der Waals surface area contributed by atoms with Gasteiger partial charge in [0.15, 0.2) is 0 Å². The summed E-state index contributed by atoms with van der Waals surface area (Å²) in [6, 6.07) is 0. The Hall–Kier alpha value is -1.10. The first-order valence-electron chi connectivity index (χ1n) is 6.55. The average molecular weight is 257 g/mol. The van der Waals surface area contributed by atoms with Crippen LogP contribution in [0, 0.1) is 11.8 Å². The van der Waals surface area contributed by atoms with Crippen molar-refractivity contribution in [2.45, 2.75) is 39.7 Å². The second-order valence-electron chi connectivity index (χ2n) is 5.30. The van der Waals surface area contributed by atoms with E-state index in [1.165, 1.54) is 0 Å². The maximum absolute atomic E-state index is 12.0. The van der Waals surface area contributed by atoms with Gasteiger partial charge in [-0.25, -0.2) is 0 Å². The van der Waals surface area contributed by atoms with Gasteiger partial charge in [-0.2, -0.15) is 0 Å². The Morgan fingerprint density at radius 2 is 2.06 bits per heavy atom. The van der Waals surface area contributed by atoms with Crippen molar-refractivity contribution in [2.24, 2.45) is 11.8 Å². The van der Waals surface area contributed by atoms with E-state index in [4.69, 9.17) is 9.84 Å². The molecule has 1 fully saturated rings. The van der Waals surface area contributed by atoms with Crippen molar-refractivity contribution < 1.29 is 19.4 Å². The molecule has 0 aromatic rings. The number of nitrogens with zero attached hydrogens (tertiary/aromatic N) is 1. The fraction of sp³-hybridized carbons (Fsp3) is 0.846. The summed E-state index contributed by atoms with van der Waals surface area (Å²) in [7, 11) is 0. The van der Waals surface area contributed by atoms with Crippen molar-refractivity contribution in [3.05, 3.63) is 0 Å². The maximum Gasteiger partial charge on any atom is 0.308 e. The van der Waals surface area contributed by atoms with E-state index in [-0.39, 0.29) is 5.91 Å². The van der Waals surface area contributed by atoms with Gasteiger partial charge in [-0.3, -0.25) is 9.59 Å². The number of carbonyl (C=O) groups excluding carboxylic acids is 1. The Morgan fingerprint density at radius 1 is 1.39 bits per heavy atom. The highest BCUT2D eigenvalue weighted by Gasteiger charge is 2.32. The van der Waals surface area contributed by atoms with Gasteiger partial charge in [0.2, 0.25) is 0 Å². The molecule has 2 unspecified atom stereocenters. The molecule has 1 heterocycles. The first-order chi connectivity index (χ1) is 8.41. The molecule has 0 aromatic carbocycles. The highest BCUT2D eigenvalue weighted by molar-refractivity contribution is 5.82. The summed E-state index contributed by atoms with van der Waals surface area (Å²) in [6.07, 6.45) is 0.992. The van der Waals surface area contributed by atoms with Crippen molar-refractivity contribution in [3.8, 4) is 0 Å². The van der Waals surface area contributed by atoms with Gasteiger partial charge in [0, 0.05) is 19.7 Å². The zero-order valence-electron chi connectivity index (χ0n) is 11.4. The predicted octanol–water partition coefficient (Wildman–Crippen LogP) is 1.37. The molecule has 1 aliphatic rings. The van der Waals surface area contributed by atoms with Gasteiger partial charge in [0.25, 0.3) is 5.91 Å². The van der Waals surface area contributed by atoms with Crippen molar-refractivity contribution >= 4 is 11.9 Å². The first kappa shape index (κ1) is 15.0.